The van der Waals surface area contributed by atoms with Crippen LogP contribution < -0.4 is 15.0 Å². The first kappa shape index (κ1) is 19.2. The van der Waals surface area contributed by atoms with E-state index < -0.39 is 0 Å². The molecule has 2 heterocycles. The first-order valence-corrected chi connectivity index (χ1v) is 9.88. The van der Waals surface area contributed by atoms with Gasteiger partial charge in [-0.15, -0.1) is 0 Å². The molecule has 150 valence electrons. The Morgan fingerprint density at radius 1 is 1.14 bits per heavy atom. The Balaban J connectivity index is 1.58. The molecule has 1 N–H and O–H groups in total. The number of methoxy groups -OCH3 is 1. The van der Waals surface area contributed by atoms with Gasteiger partial charge in [0, 0.05) is 37.2 Å². The minimum Gasteiger partial charge on any atom is -0.493 e. The van der Waals surface area contributed by atoms with Crippen molar-refractivity contribution in [3.8, 4) is 22.9 Å². The fourth-order valence-corrected chi connectivity index (χ4v) is 3.74. The molecule has 0 bridgehead atoms. The van der Waals surface area contributed by atoms with E-state index in [1.54, 1.807) is 7.11 Å². The molecule has 1 aliphatic rings. The third-order valence-corrected chi connectivity index (χ3v) is 5.16. The van der Waals surface area contributed by atoms with Gasteiger partial charge in [0.2, 0.25) is 0 Å². The normalized spacial score (nSPS) is 13.7. The first-order chi connectivity index (χ1) is 14.2. The Bertz CT molecular complexity index is 1050. The van der Waals surface area contributed by atoms with E-state index in [1.165, 1.54) is 0 Å². The molecule has 1 aromatic heterocycles. The smallest absolute Gasteiger partial charge is 0.255 e. The zero-order valence-corrected chi connectivity index (χ0v) is 16.8. The fraction of sp³-hybridized carbons (Fsp3) is 0.304. The summed E-state index contributed by atoms with van der Waals surface area (Å²) in [6, 6.07) is 15.7. The van der Waals surface area contributed by atoms with Gasteiger partial charge >= 0.3 is 0 Å². The second kappa shape index (κ2) is 8.49. The maximum Gasteiger partial charge on any atom is 0.255 e. The molecule has 0 radical (unpaired) electrons. The van der Waals surface area contributed by atoms with Crippen molar-refractivity contribution in [2.75, 3.05) is 20.3 Å². The van der Waals surface area contributed by atoms with Crippen molar-refractivity contribution in [3.05, 3.63) is 75.7 Å². The monoisotopic (exact) mass is 391 g/mol. The molecule has 6 nitrogen and oxygen atoms in total. The highest BCUT2D eigenvalue weighted by atomic mass is 16.5. The van der Waals surface area contributed by atoms with Crippen LogP contribution in [0.4, 0.5) is 0 Å². The summed E-state index contributed by atoms with van der Waals surface area (Å²) in [6.07, 6.45) is 0.743. The highest BCUT2D eigenvalue weighted by Gasteiger charge is 2.23. The van der Waals surface area contributed by atoms with Gasteiger partial charge in [-0.1, -0.05) is 42.5 Å². The number of hydrogen-bond donors (Lipinski definition) is 1. The molecule has 29 heavy (non-hydrogen) atoms. The summed E-state index contributed by atoms with van der Waals surface area (Å²) in [4.78, 5) is 22.7. The highest BCUT2D eigenvalue weighted by molar-refractivity contribution is 5.54. The summed E-state index contributed by atoms with van der Waals surface area (Å²) in [5, 5.41) is 0. The molecule has 0 unspecified atom stereocenters. The molecule has 4 rings (SSSR count). The Hall–Kier alpha value is -3.12. The molecule has 1 aliphatic heterocycles. The molecular weight excluding hydrogens is 366 g/mol. The van der Waals surface area contributed by atoms with Crippen LogP contribution in [-0.4, -0.2) is 35.1 Å². The van der Waals surface area contributed by atoms with E-state index in [9.17, 15) is 4.79 Å². The van der Waals surface area contributed by atoms with Gasteiger partial charge in [-0.05, 0) is 13.0 Å². The summed E-state index contributed by atoms with van der Waals surface area (Å²) in [5.41, 5.74) is 3.55. The summed E-state index contributed by atoms with van der Waals surface area (Å²) in [6.45, 7) is 4.62. The number of fused-ring (bicyclic) bond motifs is 1. The molecule has 0 spiro atoms. The lowest BCUT2D eigenvalue weighted by molar-refractivity contribution is 0.233. The van der Waals surface area contributed by atoms with Gasteiger partial charge in [-0.3, -0.25) is 9.69 Å². The van der Waals surface area contributed by atoms with Crippen LogP contribution in [0.1, 0.15) is 23.7 Å². The second-order valence-corrected chi connectivity index (χ2v) is 7.05. The molecular formula is C23H25N3O3. The molecule has 3 aromatic rings. The molecule has 0 amide bonds. The topological polar surface area (TPSA) is 67.5 Å². The predicted octanol–water partition coefficient (Wildman–Crippen LogP) is 3.40. The number of aromatic nitrogens is 2. The van der Waals surface area contributed by atoms with Gasteiger partial charge in [-0.2, -0.15) is 0 Å². The van der Waals surface area contributed by atoms with E-state index in [1.807, 2.05) is 55.5 Å². The van der Waals surface area contributed by atoms with Crippen molar-refractivity contribution in [2.24, 2.45) is 0 Å². The number of para-hydroxylation sites is 1. The molecule has 6 heteroatoms. The van der Waals surface area contributed by atoms with E-state index in [2.05, 4.69) is 9.88 Å². The minimum absolute atomic E-state index is 0.0609. The van der Waals surface area contributed by atoms with Gasteiger partial charge < -0.3 is 14.5 Å². The summed E-state index contributed by atoms with van der Waals surface area (Å²) >= 11 is 0. The van der Waals surface area contributed by atoms with Crippen LogP contribution in [0.2, 0.25) is 0 Å². The number of ether oxygens (including phenoxy) is 2. The van der Waals surface area contributed by atoms with Crippen LogP contribution >= 0.6 is 0 Å². The molecule has 0 saturated heterocycles. The third kappa shape index (κ3) is 4.03. The summed E-state index contributed by atoms with van der Waals surface area (Å²) in [5.74, 6) is 2.14. The standard InChI is InChI=1S/C23H25N3O3/c1-3-29-21-17(10-7-11-20(21)28-2)14-26-13-12-19-18(15-26)23(27)25-22(24-19)16-8-5-4-6-9-16/h4-11H,3,12-15H2,1-2H3,(H,24,25,27). The van der Waals surface area contributed by atoms with E-state index in [-0.39, 0.29) is 5.56 Å². The number of benzene rings is 2. The minimum atomic E-state index is -0.0609. The highest BCUT2D eigenvalue weighted by Crippen LogP contribution is 2.32. The number of nitrogens with one attached hydrogen (secondary N) is 1. The number of hydrogen-bond acceptors (Lipinski definition) is 5. The van der Waals surface area contributed by atoms with Crippen molar-refractivity contribution in [1.82, 2.24) is 14.9 Å². The van der Waals surface area contributed by atoms with Crippen LogP contribution in [-0.2, 0) is 19.5 Å². The lowest BCUT2D eigenvalue weighted by atomic mass is 10.0. The summed E-state index contributed by atoms with van der Waals surface area (Å²) in [7, 11) is 1.65. The number of aromatic amines is 1. The quantitative estimate of drug-likeness (QED) is 0.698. The van der Waals surface area contributed by atoms with Crippen molar-refractivity contribution in [1.29, 1.82) is 0 Å². The van der Waals surface area contributed by atoms with Gasteiger partial charge in [0.1, 0.15) is 5.82 Å². The SMILES string of the molecule is CCOc1c(CN2CCc3nc(-c4ccccc4)[nH]c(=O)c3C2)cccc1OC. The first-order valence-electron chi connectivity index (χ1n) is 9.88. The third-order valence-electron chi connectivity index (χ3n) is 5.16. The van der Waals surface area contributed by atoms with Gasteiger partial charge in [0.15, 0.2) is 11.5 Å². The van der Waals surface area contributed by atoms with E-state index in [4.69, 9.17) is 14.5 Å². The van der Waals surface area contributed by atoms with Gasteiger partial charge in [-0.25, -0.2) is 4.98 Å². The van der Waals surface area contributed by atoms with E-state index in [0.717, 1.165) is 46.8 Å². The van der Waals surface area contributed by atoms with Gasteiger partial charge in [0.25, 0.3) is 5.56 Å². The van der Waals surface area contributed by atoms with Crippen LogP contribution in [0.15, 0.2) is 53.3 Å². The number of nitrogens with zero attached hydrogens (tertiary/aromatic N) is 2. The zero-order valence-electron chi connectivity index (χ0n) is 16.8. The van der Waals surface area contributed by atoms with Crippen molar-refractivity contribution in [3.63, 3.8) is 0 Å². The Morgan fingerprint density at radius 2 is 1.97 bits per heavy atom. The maximum atomic E-state index is 12.8. The van der Waals surface area contributed by atoms with Crippen molar-refractivity contribution < 1.29 is 9.47 Å². The van der Waals surface area contributed by atoms with E-state index in [0.29, 0.717) is 25.5 Å². The molecule has 2 aromatic carbocycles. The van der Waals surface area contributed by atoms with Crippen molar-refractivity contribution >= 4 is 0 Å². The molecule has 0 atom stereocenters. The van der Waals surface area contributed by atoms with Crippen LogP contribution in [0.3, 0.4) is 0 Å². The van der Waals surface area contributed by atoms with Crippen LogP contribution in [0, 0.1) is 0 Å². The lowest BCUT2D eigenvalue weighted by Crippen LogP contribution is -2.35. The second-order valence-electron chi connectivity index (χ2n) is 7.05. The van der Waals surface area contributed by atoms with Crippen LogP contribution in [0.5, 0.6) is 11.5 Å². The fourth-order valence-electron chi connectivity index (χ4n) is 3.74. The zero-order chi connectivity index (χ0) is 20.2. The molecule has 0 saturated carbocycles. The molecule has 0 fully saturated rings. The average molecular weight is 391 g/mol. The Labute approximate surface area is 170 Å². The van der Waals surface area contributed by atoms with Crippen molar-refractivity contribution in [2.45, 2.75) is 26.4 Å². The summed E-state index contributed by atoms with van der Waals surface area (Å²) < 4.78 is 11.3. The molecule has 0 aliphatic carbocycles. The van der Waals surface area contributed by atoms with Gasteiger partial charge in [0.05, 0.1) is 25.0 Å². The van der Waals surface area contributed by atoms with Crippen LogP contribution in [0.25, 0.3) is 11.4 Å². The maximum absolute atomic E-state index is 12.8. The average Bonchev–Trinajstić information content (AvgIpc) is 2.76. The number of H-pyrrole nitrogens is 1. The predicted molar refractivity (Wildman–Crippen MR) is 112 cm³/mol. The number of rotatable bonds is 6. The Morgan fingerprint density at radius 3 is 2.72 bits per heavy atom. The lowest BCUT2D eigenvalue weighted by Gasteiger charge is -2.28. The van der Waals surface area contributed by atoms with E-state index >= 15 is 0 Å². The largest absolute Gasteiger partial charge is 0.493 e. The Kier molecular flexibility index (Phi) is 5.62.